The third kappa shape index (κ3) is 3.59. The van der Waals surface area contributed by atoms with Crippen LogP contribution in [0.2, 0.25) is 0 Å². The van der Waals surface area contributed by atoms with Gasteiger partial charge in [0.25, 0.3) is 0 Å². The molecule has 0 unspecified atom stereocenters. The number of nitrogens with zero attached hydrogens (tertiary/aromatic N) is 3. The van der Waals surface area contributed by atoms with E-state index in [1.165, 1.54) is 16.3 Å². The Balaban J connectivity index is 1.73. The number of aromatic nitrogens is 3. The van der Waals surface area contributed by atoms with Crippen LogP contribution < -0.4 is 0 Å². The maximum absolute atomic E-state index is 11.6. The molecule has 5 nitrogen and oxygen atoms in total. The van der Waals surface area contributed by atoms with Crippen LogP contribution in [-0.4, -0.2) is 27.3 Å². The quantitative estimate of drug-likeness (QED) is 0.508. The van der Waals surface area contributed by atoms with Crippen molar-refractivity contribution in [2.24, 2.45) is 7.05 Å². The minimum atomic E-state index is -0.279. The molecule has 3 rings (SSSR count). The monoisotopic (exact) mass is 341 g/mol. The van der Waals surface area contributed by atoms with E-state index in [-0.39, 0.29) is 12.4 Å². The van der Waals surface area contributed by atoms with Crippen molar-refractivity contribution in [1.82, 2.24) is 14.8 Å². The molecule has 0 spiro atoms. The molecule has 6 heteroatoms. The van der Waals surface area contributed by atoms with Gasteiger partial charge in [-0.05, 0) is 23.3 Å². The van der Waals surface area contributed by atoms with Crippen molar-refractivity contribution in [2.75, 3.05) is 6.61 Å². The summed E-state index contributed by atoms with van der Waals surface area (Å²) in [7, 11) is 1.87. The SMILES string of the molecule is CCOC(=O)Cc1nnc(SCc2cccc3ccccc23)n1C. The van der Waals surface area contributed by atoms with Crippen LogP contribution in [0.1, 0.15) is 18.3 Å². The molecule has 0 bridgehead atoms. The summed E-state index contributed by atoms with van der Waals surface area (Å²) in [6.07, 6.45) is 0.145. The number of hydrogen-bond acceptors (Lipinski definition) is 5. The number of thioether (sulfide) groups is 1. The minimum absolute atomic E-state index is 0.145. The number of esters is 1. The molecule has 0 saturated carbocycles. The molecule has 24 heavy (non-hydrogen) atoms. The normalized spacial score (nSPS) is 10.9. The molecule has 0 aliphatic carbocycles. The molecule has 0 radical (unpaired) electrons. The molecule has 0 amide bonds. The van der Waals surface area contributed by atoms with Crippen LogP contribution in [-0.2, 0) is 28.8 Å². The maximum Gasteiger partial charge on any atom is 0.313 e. The summed E-state index contributed by atoms with van der Waals surface area (Å²) in [4.78, 5) is 11.6. The van der Waals surface area contributed by atoms with Gasteiger partial charge in [-0.2, -0.15) is 0 Å². The standard InChI is InChI=1S/C18H19N3O2S/c1-3-23-17(22)11-16-19-20-18(21(16)2)24-12-14-9-6-8-13-7-4-5-10-15(13)14/h4-10H,3,11-12H2,1-2H3. The molecular weight excluding hydrogens is 322 g/mol. The van der Waals surface area contributed by atoms with Gasteiger partial charge in [-0.15, -0.1) is 10.2 Å². The first kappa shape index (κ1) is 16.5. The van der Waals surface area contributed by atoms with Crippen LogP contribution in [0, 0.1) is 0 Å². The molecule has 1 heterocycles. The van der Waals surface area contributed by atoms with Crippen LogP contribution in [0.3, 0.4) is 0 Å². The van der Waals surface area contributed by atoms with Gasteiger partial charge in [0.2, 0.25) is 0 Å². The molecule has 0 aliphatic rings. The van der Waals surface area contributed by atoms with Crippen molar-refractivity contribution in [1.29, 1.82) is 0 Å². The fraction of sp³-hybridized carbons (Fsp3) is 0.278. The van der Waals surface area contributed by atoms with E-state index in [0.29, 0.717) is 12.4 Å². The molecule has 2 aromatic carbocycles. The fourth-order valence-corrected chi connectivity index (χ4v) is 3.46. The topological polar surface area (TPSA) is 57.0 Å². The average Bonchev–Trinajstić information content (AvgIpc) is 2.93. The van der Waals surface area contributed by atoms with Gasteiger partial charge in [0.1, 0.15) is 12.2 Å². The second-order valence-corrected chi connectivity index (χ2v) is 6.31. The smallest absolute Gasteiger partial charge is 0.313 e. The van der Waals surface area contributed by atoms with Gasteiger partial charge in [-0.25, -0.2) is 0 Å². The number of benzene rings is 2. The van der Waals surface area contributed by atoms with Crippen LogP contribution >= 0.6 is 11.8 Å². The molecule has 0 N–H and O–H groups in total. The van der Waals surface area contributed by atoms with E-state index in [4.69, 9.17) is 4.74 Å². The van der Waals surface area contributed by atoms with Gasteiger partial charge in [-0.1, -0.05) is 54.2 Å². The van der Waals surface area contributed by atoms with Crippen molar-refractivity contribution in [3.8, 4) is 0 Å². The first-order valence-electron chi connectivity index (χ1n) is 7.82. The van der Waals surface area contributed by atoms with Gasteiger partial charge < -0.3 is 9.30 Å². The highest BCUT2D eigenvalue weighted by Crippen LogP contribution is 2.26. The Morgan fingerprint density at radius 1 is 1.17 bits per heavy atom. The fourth-order valence-electron chi connectivity index (χ4n) is 2.53. The highest BCUT2D eigenvalue weighted by molar-refractivity contribution is 7.98. The lowest BCUT2D eigenvalue weighted by molar-refractivity contribution is -0.142. The first-order chi connectivity index (χ1) is 11.7. The van der Waals surface area contributed by atoms with E-state index < -0.39 is 0 Å². The van der Waals surface area contributed by atoms with E-state index in [2.05, 4.69) is 46.6 Å². The van der Waals surface area contributed by atoms with E-state index in [1.54, 1.807) is 18.7 Å². The summed E-state index contributed by atoms with van der Waals surface area (Å²) in [6.45, 7) is 2.17. The highest BCUT2D eigenvalue weighted by atomic mass is 32.2. The third-order valence-corrected chi connectivity index (χ3v) is 4.84. The van der Waals surface area contributed by atoms with Crippen LogP contribution in [0.15, 0.2) is 47.6 Å². The van der Waals surface area contributed by atoms with E-state index >= 15 is 0 Å². The van der Waals surface area contributed by atoms with E-state index in [0.717, 1.165) is 10.9 Å². The van der Waals surface area contributed by atoms with Crippen molar-refractivity contribution in [2.45, 2.75) is 24.3 Å². The number of ether oxygens (including phenoxy) is 1. The summed E-state index contributed by atoms with van der Waals surface area (Å²) in [5.74, 6) is 1.14. The molecule has 0 fully saturated rings. The Kier molecular flexibility index (Phi) is 5.15. The highest BCUT2D eigenvalue weighted by Gasteiger charge is 2.14. The Morgan fingerprint density at radius 3 is 2.79 bits per heavy atom. The van der Waals surface area contributed by atoms with Crippen molar-refractivity contribution >= 4 is 28.5 Å². The zero-order chi connectivity index (χ0) is 16.9. The Hall–Kier alpha value is -2.34. The number of fused-ring (bicyclic) bond motifs is 1. The van der Waals surface area contributed by atoms with Gasteiger partial charge >= 0.3 is 5.97 Å². The minimum Gasteiger partial charge on any atom is -0.466 e. The number of rotatable bonds is 6. The summed E-state index contributed by atoms with van der Waals surface area (Å²) in [6, 6.07) is 14.7. The van der Waals surface area contributed by atoms with Crippen LogP contribution in [0.4, 0.5) is 0 Å². The molecule has 0 aliphatic heterocycles. The summed E-state index contributed by atoms with van der Waals surface area (Å²) in [5.41, 5.74) is 1.26. The molecule has 1 aromatic heterocycles. The van der Waals surface area contributed by atoms with E-state index in [1.807, 2.05) is 17.7 Å². The first-order valence-corrected chi connectivity index (χ1v) is 8.81. The lowest BCUT2D eigenvalue weighted by Gasteiger charge is -2.07. The number of hydrogen-bond donors (Lipinski definition) is 0. The Bertz CT molecular complexity index is 855. The Morgan fingerprint density at radius 2 is 1.96 bits per heavy atom. The predicted octanol–water partition coefficient (Wildman–Crippen LogP) is 3.37. The van der Waals surface area contributed by atoms with Crippen molar-refractivity contribution in [3.63, 3.8) is 0 Å². The average molecular weight is 341 g/mol. The molecule has 0 atom stereocenters. The van der Waals surface area contributed by atoms with Gasteiger partial charge in [-0.3, -0.25) is 4.79 Å². The summed E-state index contributed by atoms with van der Waals surface area (Å²) in [5, 5.41) is 11.6. The zero-order valence-electron chi connectivity index (χ0n) is 13.7. The van der Waals surface area contributed by atoms with Crippen molar-refractivity contribution in [3.05, 3.63) is 53.9 Å². The maximum atomic E-state index is 11.6. The lowest BCUT2D eigenvalue weighted by atomic mass is 10.1. The second-order valence-electron chi connectivity index (χ2n) is 5.37. The van der Waals surface area contributed by atoms with Gasteiger partial charge in [0.15, 0.2) is 5.16 Å². The lowest BCUT2D eigenvalue weighted by Crippen LogP contribution is -2.11. The molecule has 124 valence electrons. The second kappa shape index (κ2) is 7.49. The van der Waals surface area contributed by atoms with E-state index in [9.17, 15) is 4.79 Å². The van der Waals surface area contributed by atoms with Crippen LogP contribution in [0.5, 0.6) is 0 Å². The van der Waals surface area contributed by atoms with Gasteiger partial charge in [0.05, 0.1) is 6.61 Å². The largest absolute Gasteiger partial charge is 0.466 e. The molecule has 0 saturated heterocycles. The zero-order valence-corrected chi connectivity index (χ0v) is 14.5. The third-order valence-electron chi connectivity index (χ3n) is 3.77. The number of carbonyl (C=O) groups is 1. The van der Waals surface area contributed by atoms with Gasteiger partial charge in [0, 0.05) is 12.8 Å². The predicted molar refractivity (Wildman–Crippen MR) is 94.8 cm³/mol. The number of carbonyl (C=O) groups excluding carboxylic acids is 1. The molecular formula is C18H19N3O2S. The van der Waals surface area contributed by atoms with Crippen molar-refractivity contribution < 1.29 is 9.53 Å². The Labute approximate surface area is 145 Å². The molecule has 3 aromatic rings. The van der Waals surface area contributed by atoms with Crippen LogP contribution in [0.25, 0.3) is 10.8 Å². The summed E-state index contributed by atoms with van der Waals surface area (Å²) < 4.78 is 6.81. The summed E-state index contributed by atoms with van der Waals surface area (Å²) >= 11 is 1.61.